The van der Waals surface area contributed by atoms with E-state index in [0.29, 0.717) is 25.4 Å². The first-order chi connectivity index (χ1) is 13.3. The van der Waals surface area contributed by atoms with Gasteiger partial charge in [-0.1, -0.05) is 18.2 Å². The van der Waals surface area contributed by atoms with Gasteiger partial charge in [0.1, 0.15) is 5.60 Å². The second kappa shape index (κ2) is 8.50. The Morgan fingerprint density at radius 3 is 2.57 bits per heavy atom. The number of piperidine rings is 1. The Bertz CT molecular complexity index is 781. The fourth-order valence-corrected chi connectivity index (χ4v) is 3.41. The molecule has 1 aromatic carbocycles. The van der Waals surface area contributed by atoms with Gasteiger partial charge in [0.15, 0.2) is 5.76 Å². The number of para-hydroxylation sites is 1. The first-order valence-corrected chi connectivity index (χ1v) is 9.72. The molecular formula is C22H28N2O4. The second-order valence-corrected chi connectivity index (χ2v) is 8.16. The lowest BCUT2D eigenvalue weighted by molar-refractivity contribution is 0.0170. The molecule has 2 aromatic rings. The van der Waals surface area contributed by atoms with E-state index in [1.807, 2.05) is 51.1 Å². The van der Waals surface area contributed by atoms with Crippen molar-refractivity contribution in [2.24, 2.45) is 5.92 Å². The van der Waals surface area contributed by atoms with E-state index in [0.717, 1.165) is 18.5 Å². The number of hydrogen-bond acceptors (Lipinski definition) is 4. The predicted molar refractivity (Wildman–Crippen MR) is 107 cm³/mol. The molecule has 0 N–H and O–H groups in total. The van der Waals surface area contributed by atoms with Crippen LogP contribution in [0, 0.1) is 5.92 Å². The second-order valence-electron chi connectivity index (χ2n) is 8.16. The molecule has 1 atom stereocenters. The summed E-state index contributed by atoms with van der Waals surface area (Å²) in [6.07, 6.45) is 3.05. The maximum atomic E-state index is 13.0. The molecule has 1 fully saturated rings. The Morgan fingerprint density at radius 1 is 1.18 bits per heavy atom. The molecule has 0 saturated carbocycles. The van der Waals surface area contributed by atoms with Crippen molar-refractivity contribution >= 4 is 17.7 Å². The molecule has 2 amide bonds. The van der Waals surface area contributed by atoms with Crippen LogP contribution < -0.4 is 4.90 Å². The van der Waals surface area contributed by atoms with Crippen molar-refractivity contribution in [3.05, 3.63) is 54.5 Å². The summed E-state index contributed by atoms with van der Waals surface area (Å²) in [6.45, 7) is 7.37. The normalized spacial score (nSPS) is 17.2. The third-order valence-electron chi connectivity index (χ3n) is 4.66. The zero-order valence-electron chi connectivity index (χ0n) is 16.8. The molecule has 1 aliphatic heterocycles. The van der Waals surface area contributed by atoms with Crippen LogP contribution in [0.4, 0.5) is 10.5 Å². The zero-order valence-corrected chi connectivity index (χ0v) is 16.8. The van der Waals surface area contributed by atoms with E-state index in [-0.39, 0.29) is 17.9 Å². The van der Waals surface area contributed by atoms with Crippen LogP contribution in [0.25, 0.3) is 0 Å². The number of anilines is 1. The monoisotopic (exact) mass is 384 g/mol. The highest BCUT2D eigenvalue weighted by molar-refractivity contribution is 6.04. The van der Waals surface area contributed by atoms with Crippen LogP contribution in [-0.2, 0) is 4.74 Å². The standard InChI is InChI=1S/C22H28N2O4/c1-22(2,3)28-21(26)23-13-7-9-17(15-23)16-24(18-10-5-4-6-11-18)20(25)19-12-8-14-27-19/h4-6,8,10-12,14,17H,7,9,13,15-16H2,1-3H3/t17-/m0/s1. The molecule has 3 rings (SSSR count). The molecule has 1 aromatic heterocycles. The van der Waals surface area contributed by atoms with Gasteiger partial charge in [-0.15, -0.1) is 0 Å². The van der Waals surface area contributed by atoms with Crippen molar-refractivity contribution in [1.82, 2.24) is 4.90 Å². The summed E-state index contributed by atoms with van der Waals surface area (Å²) in [5, 5.41) is 0. The Balaban J connectivity index is 1.73. The number of likely N-dealkylation sites (tertiary alicyclic amines) is 1. The van der Waals surface area contributed by atoms with Gasteiger partial charge < -0.3 is 19.0 Å². The average molecular weight is 384 g/mol. The van der Waals surface area contributed by atoms with Gasteiger partial charge in [-0.3, -0.25) is 4.79 Å². The minimum atomic E-state index is -0.518. The number of carbonyl (C=O) groups is 2. The lowest BCUT2D eigenvalue weighted by atomic mass is 9.97. The SMILES string of the molecule is CC(C)(C)OC(=O)N1CCC[C@H](CN(C(=O)c2ccco2)c2ccccc2)C1. The first kappa shape index (κ1) is 20.0. The topological polar surface area (TPSA) is 63.0 Å². The van der Waals surface area contributed by atoms with E-state index < -0.39 is 5.60 Å². The predicted octanol–water partition coefficient (Wildman–Crippen LogP) is 4.57. The van der Waals surface area contributed by atoms with E-state index in [1.54, 1.807) is 21.9 Å². The smallest absolute Gasteiger partial charge is 0.410 e. The molecule has 6 nitrogen and oxygen atoms in total. The average Bonchev–Trinajstić information content (AvgIpc) is 3.20. The molecule has 150 valence electrons. The van der Waals surface area contributed by atoms with Crippen molar-refractivity contribution in [3.63, 3.8) is 0 Å². The van der Waals surface area contributed by atoms with Crippen LogP contribution >= 0.6 is 0 Å². The number of amides is 2. The number of hydrogen-bond donors (Lipinski definition) is 0. The Morgan fingerprint density at radius 2 is 1.93 bits per heavy atom. The third-order valence-corrected chi connectivity index (χ3v) is 4.66. The van der Waals surface area contributed by atoms with Crippen molar-refractivity contribution in [2.75, 3.05) is 24.5 Å². The van der Waals surface area contributed by atoms with Crippen LogP contribution in [0.1, 0.15) is 44.2 Å². The molecule has 0 aliphatic carbocycles. The molecule has 2 heterocycles. The zero-order chi connectivity index (χ0) is 20.1. The minimum Gasteiger partial charge on any atom is -0.459 e. The fourth-order valence-electron chi connectivity index (χ4n) is 3.41. The third kappa shape index (κ3) is 5.15. The minimum absolute atomic E-state index is 0.167. The van der Waals surface area contributed by atoms with Gasteiger partial charge in [-0.05, 0) is 63.8 Å². The van der Waals surface area contributed by atoms with Crippen LogP contribution in [0.2, 0.25) is 0 Å². The van der Waals surface area contributed by atoms with E-state index in [2.05, 4.69) is 0 Å². The summed E-state index contributed by atoms with van der Waals surface area (Å²) in [6, 6.07) is 12.9. The summed E-state index contributed by atoms with van der Waals surface area (Å²) >= 11 is 0. The first-order valence-electron chi connectivity index (χ1n) is 9.72. The number of benzene rings is 1. The highest BCUT2D eigenvalue weighted by Crippen LogP contribution is 2.24. The van der Waals surface area contributed by atoms with Crippen molar-refractivity contribution in [2.45, 2.75) is 39.2 Å². The summed E-state index contributed by atoms with van der Waals surface area (Å²) in [7, 11) is 0. The summed E-state index contributed by atoms with van der Waals surface area (Å²) < 4.78 is 10.8. The van der Waals surface area contributed by atoms with Crippen LogP contribution in [0.15, 0.2) is 53.1 Å². The van der Waals surface area contributed by atoms with Gasteiger partial charge in [0.2, 0.25) is 0 Å². The lowest BCUT2D eigenvalue weighted by Crippen LogP contribution is -2.46. The van der Waals surface area contributed by atoms with Gasteiger partial charge in [-0.2, -0.15) is 0 Å². The quantitative estimate of drug-likeness (QED) is 0.774. The van der Waals surface area contributed by atoms with E-state index in [9.17, 15) is 9.59 Å². The lowest BCUT2D eigenvalue weighted by Gasteiger charge is -2.36. The van der Waals surface area contributed by atoms with Crippen molar-refractivity contribution in [1.29, 1.82) is 0 Å². The maximum absolute atomic E-state index is 13.0. The largest absolute Gasteiger partial charge is 0.459 e. The highest BCUT2D eigenvalue weighted by atomic mass is 16.6. The van der Waals surface area contributed by atoms with E-state index in [4.69, 9.17) is 9.15 Å². The van der Waals surface area contributed by atoms with Crippen LogP contribution in [-0.4, -0.2) is 42.1 Å². The molecule has 0 unspecified atom stereocenters. The molecule has 1 aliphatic rings. The Kier molecular flexibility index (Phi) is 6.07. The molecule has 1 saturated heterocycles. The molecule has 0 radical (unpaired) electrons. The van der Waals surface area contributed by atoms with Crippen LogP contribution in [0.3, 0.4) is 0 Å². The maximum Gasteiger partial charge on any atom is 0.410 e. The van der Waals surface area contributed by atoms with E-state index >= 15 is 0 Å². The summed E-state index contributed by atoms with van der Waals surface area (Å²) in [5.41, 5.74) is 0.299. The summed E-state index contributed by atoms with van der Waals surface area (Å²) in [4.78, 5) is 28.9. The van der Waals surface area contributed by atoms with Gasteiger partial charge in [0, 0.05) is 25.3 Å². The molecular weight excluding hydrogens is 356 g/mol. The Labute approximate surface area is 166 Å². The fraction of sp³-hybridized carbons (Fsp3) is 0.455. The summed E-state index contributed by atoms with van der Waals surface area (Å²) in [5.74, 6) is 0.301. The van der Waals surface area contributed by atoms with Crippen molar-refractivity contribution < 1.29 is 18.7 Å². The molecule has 28 heavy (non-hydrogen) atoms. The number of rotatable bonds is 4. The van der Waals surface area contributed by atoms with Crippen molar-refractivity contribution in [3.8, 4) is 0 Å². The molecule has 0 bridgehead atoms. The van der Waals surface area contributed by atoms with Crippen LogP contribution in [0.5, 0.6) is 0 Å². The molecule has 6 heteroatoms. The van der Waals surface area contributed by atoms with Gasteiger partial charge >= 0.3 is 6.09 Å². The Hall–Kier alpha value is -2.76. The van der Waals surface area contributed by atoms with Gasteiger partial charge in [0.05, 0.1) is 6.26 Å². The van der Waals surface area contributed by atoms with Gasteiger partial charge in [0.25, 0.3) is 5.91 Å². The number of furan rings is 1. The number of nitrogens with zero attached hydrogens (tertiary/aromatic N) is 2. The van der Waals surface area contributed by atoms with Gasteiger partial charge in [-0.25, -0.2) is 4.79 Å². The highest BCUT2D eigenvalue weighted by Gasteiger charge is 2.30. The number of ether oxygens (including phenoxy) is 1. The van der Waals surface area contributed by atoms with E-state index in [1.165, 1.54) is 6.26 Å². The number of carbonyl (C=O) groups excluding carboxylic acids is 2. The molecule has 0 spiro atoms.